The maximum Gasteiger partial charge on any atom is 0.409 e. The summed E-state index contributed by atoms with van der Waals surface area (Å²) in [5.74, 6) is -2.40. The van der Waals surface area contributed by atoms with Gasteiger partial charge in [0.05, 0.1) is 37.1 Å². The molecule has 0 spiro atoms. The molecule has 3 aliphatic rings. The lowest BCUT2D eigenvalue weighted by Gasteiger charge is -2.37. The zero-order valence-corrected chi connectivity index (χ0v) is 39.3. The number of hydrogen-bond acceptors (Lipinski definition) is 10. The summed E-state index contributed by atoms with van der Waals surface area (Å²) >= 11 is 0. The van der Waals surface area contributed by atoms with E-state index in [2.05, 4.69) is 72.5 Å². The third-order valence-corrected chi connectivity index (χ3v) is 13.3. The van der Waals surface area contributed by atoms with Crippen LogP contribution in [0.2, 0.25) is 0 Å². The van der Waals surface area contributed by atoms with Crippen LogP contribution in [-0.4, -0.2) is 120 Å². The van der Waals surface area contributed by atoms with Crippen LogP contribution in [0.3, 0.4) is 0 Å². The number of esters is 1. The molecule has 7 rings (SSSR count). The predicted octanol–water partition coefficient (Wildman–Crippen LogP) is 6.32. The van der Waals surface area contributed by atoms with Crippen molar-refractivity contribution >= 4 is 40.7 Å². The van der Waals surface area contributed by atoms with E-state index in [-0.39, 0.29) is 37.5 Å². The van der Waals surface area contributed by atoms with Crippen molar-refractivity contribution in [3.8, 4) is 22.4 Å². The van der Waals surface area contributed by atoms with Crippen molar-refractivity contribution in [2.24, 2.45) is 17.3 Å². The fraction of sp³-hybridized carbons (Fsp3) is 0.520. The molecule has 0 radical (unpaired) electrons. The van der Waals surface area contributed by atoms with Crippen LogP contribution in [-0.2, 0) is 52.8 Å². The molecule has 1 unspecified atom stereocenters. The second-order valence-corrected chi connectivity index (χ2v) is 18.9. The first-order valence-corrected chi connectivity index (χ1v) is 22.9. The molecular formula is C50H65N7O8. The molecule has 2 fully saturated rings. The van der Waals surface area contributed by atoms with Gasteiger partial charge in [-0.1, -0.05) is 58.0 Å². The minimum absolute atomic E-state index is 0.134. The van der Waals surface area contributed by atoms with Gasteiger partial charge in [-0.3, -0.25) is 29.2 Å². The number of aromatic nitrogens is 2. The van der Waals surface area contributed by atoms with Crippen molar-refractivity contribution < 1.29 is 38.2 Å². The number of ether oxygens (including phenoxy) is 3. The topological polar surface area (TPSA) is 165 Å². The van der Waals surface area contributed by atoms with E-state index in [1.165, 1.54) is 21.9 Å². The number of likely N-dealkylation sites (tertiary alicyclic amines) is 1. The molecule has 348 valence electrons. The quantitative estimate of drug-likeness (QED) is 0.182. The molecule has 2 saturated heterocycles. The Morgan fingerprint density at radius 1 is 1.02 bits per heavy atom. The fourth-order valence-corrected chi connectivity index (χ4v) is 9.85. The number of hydrogen-bond donors (Lipinski definition) is 2. The highest BCUT2D eigenvalue weighted by molar-refractivity contribution is 5.96. The Morgan fingerprint density at radius 3 is 2.51 bits per heavy atom. The summed E-state index contributed by atoms with van der Waals surface area (Å²) in [6.45, 7) is 13.8. The first-order chi connectivity index (χ1) is 31.0. The molecule has 2 aromatic carbocycles. The highest BCUT2D eigenvalue weighted by Crippen LogP contribution is 2.42. The van der Waals surface area contributed by atoms with Crippen LogP contribution in [0.25, 0.3) is 33.3 Å². The molecule has 4 amide bonds. The number of hydrazine groups is 1. The number of likely N-dealkylation sites (N-methyl/N-ethyl adjacent to an activating group) is 1. The Labute approximate surface area is 382 Å². The van der Waals surface area contributed by atoms with Crippen LogP contribution in [0.15, 0.2) is 60.8 Å². The third kappa shape index (κ3) is 9.91. The number of fused-ring (bicyclic) bond motifs is 6. The van der Waals surface area contributed by atoms with Gasteiger partial charge in [0.2, 0.25) is 11.8 Å². The normalized spacial score (nSPS) is 21.1. The Morgan fingerprint density at radius 2 is 1.78 bits per heavy atom. The average molecular weight is 892 g/mol. The summed E-state index contributed by atoms with van der Waals surface area (Å²) in [5.41, 5.74) is 10.4. The van der Waals surface area contributed by atoms with Gasteiger partial charge in [0.25, 0.3) is 5.91 Å². The van der Waals surface area contributed by atoms with Gasteiger partial charge >= 0.3 is 12.1 Å². The van der Waals surface area contributed by atoms with E-state index in [1.54, 1.807) is 20.4 Å². The van der Waals surface area contributed by atoms with E-state index in [0.29, 0.717) is 45.3 Å². The van der Waals surface area contributed by atoms with E-state index >= 15 is 0 Å². The van der Waals surface area contributed by atoms with Gasteiger partial charge in [0.1, 0.15) is 18.1 Å². The number of aryl methyl sites for hydroxylation is 1. The van der Waals surface area contributed by atoms with E-state index in [1.807, 2.05) is 39.0 Å². The van der Waals surface area contributed by atoms with Crippen molar-refractivity contribution in [3.63, 3.8) is 0 Å². The summed E-state index contributed by atoms with van der Waals surface area (Å²) < 4.78 is 19.1. The molecule has 4 aromatic rings. The summed E-state index contributed by atoms with van der Waals surface area (Å²) in [4.78, 5) is 76.9. The minimum atomic E-state index is -1.05. The number of carbonyl (C=O) groups excluding carboxylic acids is 5. The van der Waals surface area contributed by atoms with Crippen LogP contribution in [0, 0.1) is 17.3 Å². The molecule has 5 atom stereocenters. The number of benzene rings is 2. The first kappa shape index (κ1) is 47.2. The third-order valence-electron chi connectivity index (χ3n) is 13.3. The van der Waals surface area contributed by atoms with E-state index in [4.69, 9.17) is 19.2 Å². The van der Waals surface area contributed by atoms with Gasteiger partial charge in [-0.05, 0) is 92.0 Å². The molecule has 3 aliphatic heterocycles. The fourth-order valence-electron chi connectivity index (χ4n) is 9.85. The number of methoxy groups -OCH3 is 2. The van der Waals surface area contributed by atoms with Crippen LogP contribution in [0.1, 0.15) is 83.7 Å². The largest absolute Gasteiger partial charge is 0.464 e. The molecular weight excluding hydrogens is 827 g/mol. The van der Waals surface area contributed by atoms with E-state index < -0.39 is 53.3 Å². The average Bonchev–Trinajstić information content (AvgIpc) is 3.92. The van der Waals surface area contributed by atoms with Crippen molar-refractivity contribution in [1.29, 1.82) is 0 Å². The zero-order chi connectivity index (χ0) is 46.7. The number of pyridine rings is 1. The molecule has 6 bridgehead atoms. The van der Waals surface area contributed by atoms with Crippen molar-refractivity contribution in [2.75, 3.05) is 47.5 Å². The van der Waals surface area contributed by atoms with E-state index in [0.717, 1.165) is 50.1 Å². The Bertz CT molecular complexity index is 2430. The number of cyclic esters (lactones) is 1. The van der Waals surface area contributed by atoms with E-state index in [9.17, 15) is 24.0 Å². The van der Waals surface area contributed by atoms with Crippen molar-refractivity contribution in [3.05, 3.63) is 77.6 Å². The Hall–Kier alpha value is -5.80. The number of rotatable bonds is 9. The molecule has 0 saturated carbocycles. The van der Waals surface area contributed by atoms with Gasteiger partial charge in [0.15, 0.2) is 0 Å². The second-order valence-electron chi connectivity index (χ2n) is 18.9. The lowest BCUT2D eigenvalue weighted by Crippen LogP contribution is -2.62. The molecule has 5 heterocycles. The number of nitrogens with one attached hydrogen (secondary N) is 2. The predicted molar refractivity (Wildman–Crippen MR) is 247 cm³/mol. The van der Waals surface area contributed by atoms with Gasteiger partial charge < -0.3 is 33.9 Å². The highest BCUT2D eigenvalue weighted by Gasteiger charge is 2.40. The van der Waals surface area contributed by atoms with Crippen LogP contribution >= 0.6 is 0 Å². The second kappa shape index (κ2) is 19.7. The first-order valence-electron chi connectivity index (χ1n) is 22.9. The lowest BCUT2D eigenvalue weighted by atomic mass is 9.84. The molecule has 2 aromatic heterocycles. The minimum Gasteiger partial charge on any atom is -0.464 e. The van der Waals surface area contributed by atoms with Gasteiger partial charge in [-0.2, -0.15) is 0 Å². The molecule has 15 nitrogen and oxygen atoms in total. The maximum atomic E-state index is 14.7. The van der Waals surface area contributed by atoms with Crippen molar-refractivity contribution in [2.45, 2.75) is 104 Å². The van der Waals surface area contributed by atoms with Crippen molar-refractivity contribution in [1.82, 2.24) is 35.1 Å². The van der Waals surface area contributed by atoms with Gasteiger partial charge in [-0.15, -0.1) is 0 Å². The van der Waals surface area contributed by atoms with Crippen LogP contribution < -0.4 is 10.7 Å². The summed E-state index contributed by atoms with van der Waals surface area (Å²) in [7, 11) is 4.59. The van der Waals surface area contributed by atoms with Gasteiger partial charge in [-0.25, -0.2) is 10.2 Å². The number of amides is 4. The SMILES string of the molecule is CCn1c(-c2cccnc2[C@H](C)OC)c2c3cc(ccc31)-c1cccc(c1)C[C@H](NC(=O)C(C(C)C)N(C)C(=O)[C@H]1CCN(C(=O)OC)C1)C(=O)N1CCC[C@H](N1)C(=O)OCC(C)(C)C2. The Balaban J connectivity index is 1.29. The summed E-state index contributed by atoms with van der Waals surface area (Å²) in [5, 5.41) is 5.56. The van der Waals surface area contributed by atoms with Gasteiger partial charge in [0, 0.05) is 74.8 Å². The number of nitrogens with zero attached hydrogens (tertiary/aromatic N) is 5. The molecule has 65 heavy (non-hydrogen) atoms. The molecule has 0 aliphatic carbocycles. The standard InChI is InChI=1S/C50H65N7O8/c1-10-56-41-19-18-34-26-37(41)38(44(56)36-16-12-21-51-42(36)31(4)63-8)27-50(5,6)29-65-48(61)39-17-13-22-57(53-39)47(60)40(25-32-14-11-15-33(34)24-32)52-45(58)43(30(2)3)54(7)46(59)35-20-23-55(28-35)49(62)64-9/h11-12,14-16,18-19,21,24,26,30-31,35,39-40,43,53H,10,13,17,20,22-23,25,27-29H2,1-9H3,(H,52,58)/t31-,35-,39-,40-,43?/m0/s1. The Kier molecular flexibility index (Phi) is 14.3. The number of carbonyl (C=O) groups is 5. The zero-order valence-electron chi connectivity index (χ0n) is 39.3. The lowest BCUT2D eigenvalue weighted by molar-refractivity contribution is -0.155. The molecule has 15 heteroatoms. The maximum absolute atomic E-state index is 14.7. The monoisotopic (exact) mass is 891 g/mol. The smallest absolute Gasteiger partial charge is 0.409 e. The summed E-state index contributed by atoms with van der Waals surface area (Å²) in [6, 6.07) is 15.8. The summed E-state index contributed by atoms with van der Waals surface area (Å²) in [6.07, 6.45) is 3.23. The molecule has 2 N–H and O–H groups in total. The van der Waals surface area contributed by atoms with Crippen LogP contribution in [0.5, 0.6) is 0 Å². The highest BCUT2D eigenvalue weighted by atomic mass is 16.5. The van der Waals surface area contributed by atoms with Crippen LogP contribution in [0.4, 0.5) is 4.79 Å².